The number of rotatable bonds is 3. The van der Waals surface area contributed by atoms with Crippen molar-refractivity contribution in [2.24, 2.45) is 0 Å². The predicted molar refractivity (Wildman–Crippen MR) is 61.3 cm³/mol. The van der Waals surface area contributed by atoms with E-state index < -0.39 is 0 Å². The molecule has 0 bridgehead atoms. The van der Waals surface area contributed by atoms with Gasteiger partial charge in [0.2, 0.25) is 0 Å². The van der Waals surface area contributed by atoms with Gasteiger partial charge in [-0.3, -0.25) is 4.79 Å². The Hall–Kier alpha value is -0.610. The van der Waals surface area contributed by atoms with Crippen LogP contribution in [0.2, 0.25) is 0 Å². The van der Waals surface area contributed by atoms with Crippen LogP contribution < -0.4 is 4.74 Å². The van der Waals surface area contributed by atoms with Crippen LogP contribution in [0.3, 0.4) is 0 Å². The van der Waals surface area contributed by atoms with E-state index in [0.29, 0.717) is 5.75 Å². The van der Waals surface area contributed by atoms with Crippen LogP contribution in [0, 0.1) is 0 Å². The fraction of sp³-hybridized carbons (Fsp3) is 0.300. The first-order valence-electron chi connectivity index (χ1n) is 4.08. The average Bonchev–Trinajstić information content (AvgIpc) is 2.17. The van der Waals surface area contributed by atoms with Gasteiger partial charge in [-0.05, 0) is 24.6 Å². The number of benzene rings is 1. The molecular weight excluding hydrogens is 216 g/mol. The zero-order valence-electron chi connectivity index (χ0n) is 8.37. The van der Waals surface area contributed by atoms with E-state index in [0.717, 1.165) is 9.79 Å². The van der Waals surface area contributed by atoms with Crippen molar-refractivity contribution in [1.29, 1.82) is 0 Å². The fourth-order valence-corrected chi connectivity index (χ4v) is 2.23. The molecule has 0 unspecified atom stereocenters. The fourth-order valence-electron chi connectivity index (χ4n) is 1.06. The van der Waals surface area contributed by atoms with Crippen molar-refractivity contribution in [3.63, 3.8) is 0 Å². The molecular formula is C10H12O2S2. The summed E-state index contributed by atoms with van der Waals surface area (Å²) in [7, 11) is 0. The van der Waals surface area contributed by atoms with Crippen LogP contribution >= 0.6 is 23.5 Å². The van der Waals surface area contributed by atoms with Crippen LogP contribution in [-0.2, 0) is 4.79 Å². The first-order valence-corrected chi connectivity index (χ1v) is 6.53. The average molecular weight is 228 g/mol. The van der Waals surface area contributed by atoms with Gasteiger partial charge in [0.15, 0.2) is 5.75 Å². The smallest absolute Gasteiger partial charge is 0.308 e. The summed E-state index contributed by atoms with van der Waals surface area (Å²) in [6.45, 7) is 1.42. The van der Waals surface area contributed by atoms with Crippen LogP contribution in [0.1, 0.15) is 6.92 Å². The van der Waals surface area contributed by atoms with Gasteiger partial charge in [-0.15, -0.1) is 23.5 Å². The number of esters is 1. The van der Waals surface area contributed by atoms with Gasteiger partial charge in [0.1, 0.15) is 0 Å². The molecule has 0 atom stereocenters. The Labute approximate surface area is 92.4 Å². The van der Waals surface area contributed by atoms with Gasteiger partial charge >= 0.3 is 5.97 Å². The van der Waals surface area contributed by atoms with Crippen molar-refractivity contribution in [2.45, 2.75) is 16.7 Å². The molecule has 0 amide bonds. The third-order valence-electron chi connectivity index (χ3n) is 1.63. The summed E-state index contributed by atoms with van der Waals surface area (Å²) >= 11 is 3.15. The Morgan fingerprint density at radius 1 is 1.21 bits per heavy atom. The van der Waals surface area contributed by atoms with E-state index in [1.165, 1.54) is 6.92 Å². The third kappa shape index (κ3) is 2.69. The van der Waals surface area contributed by atoms with Crippen LogP contribution in [-0.4, -0.2) is 18.5 Å². The number of hydrogen-bond donors (Lipinski definition) is 0. The van der Waals surface area contributed by atoms with Crippen molar-refractivity contribution < 1.29 is 9.53 Å². The second kappa shape index (κ2) is 5.32. The summed E-state index contributed by atoms with van der Waals surface area (Å²) < 4.78 is 5.18. The summed E-state index contributed by atoms with van der Waals surface area (Å²) in [5.74, 6) is 0.404. The Balaban J connectivity index is 3.12. The molecule has 1 aromatic rings. The summed E-state index contributed by atoms with van der Waals surface area (Å²) in [6.07, 6.45) is 3.93. The highest BCUT2D eigenvalue weighted by Crippen LogP contribution is 2.36. The minimum absolute atomic E-state index is 0.276. The normalized spacial score (nSPS) is 9.93. The zero-order valence-corrected chi connectivity index (χ0v) is 10.00. The summed E-state index contributed by atoms with van der Waals surface area (Å²) in [5.41, 5.74) is 0. The molecule has 2 nitrogen and oxygen atoms in total. The van der Waals surface area contributed by atoms with Gasteiger partial charge in [-0.25, -0.2) is 0 Å². The van der Waals surface area contributed by atoms with Crippen molar-refractivity contribution in [1.82, 2.24) is 0 Å². The van der Waals surface area contributed by atoms with Crippen LogP contribution in [0.4, 0.5) is 0 Å². The molecule has 14 heavy (non-hydrogen) atoms. The van der Waals surface area contributed by atoms with Crippen molar-refractivity contribution in [3.8, 4) is 5.75 Å². The van der Waals surface area contributed by atoms with Gasteiger partial charge in [0.25, 0.3) is 0 Å². The number of para-hydroxylation sites is 1. The zero-order chi connectivity index (χ0) is 10.6. The molecule has 0 fully saturated rings. The molecule has 0 saturated carbocycles. The number of ether oxygens (including phenoxy) is 1. The molecule has 0 aliphatic heterocycles. The van der Waals surface area contributed by atoms with Crippen molar-refractivity contribution >= 4 is 29.5 Å². The first-order chi connectivity index (χ1) is 6.69. The second-order valence-corrected chi connectivity index (χ2v) is 4.28. The number of thioether (sulfide) groups is 2. The highest BCUT2D eigenvalue weighted by molar-refractivity contribution is 7.99. The van der Waals surface area contributed by atoms with Crippen LogP contribution in [0.15, 0.2) is 28.0 Å². The van der Waals surface area contributed by atoms with E-state index in [1.807, 2.05) is 30.7 Å². The predicted octanol–water partition coefficient (Wildman–Crippen LogP) is 3.06. The lowest BCUT2D eigenvalue weighted by Crippen LogP contribution is -2.03. The van der Waals surface area contributed by atoms with Gasteiger partial charge in [0, 0.05) is 6.92 Å². The van der Waals surface area contributed by atoms with E-state index in [-0.39, 0.29) is 5.97 Å². The van der Waals surface area contributed by atoms with Gasteiger partial charge in [0.05, 0.1) is 9.79 Å². The SMILES string of the molecule is CSc1cccc(SC)c1OC(C)=O. The van der Waals surface area contributed by atoms with E-state index in [1.54, 1.807) is 23.5 Å². The third-order valence-corrected chi connectivity index (χ3v) is 3.15. The summed E-state index contributed by atoms with van der Waals surface area (Å²) in [4.78, 5) is 12.9. The van der Waals surface area contributed by atoms with Gasteiger partial charge in [-0.1, -0.05) is 6.07 Å². The molecule has 0 radical (unpaired) electrons. The number of hydrogen-bond acceptors (Lipinski definition) is 4. The molecule has 0 saturated heterocycles. The molecule has 0 aliphatic carbocycles. The molecule has 1 aromatic carbocycles. The first kappa shape index (κ1) is 11.5. The monoisotopic (exact) mass is 228 g/mol. The minimum atomic E-state index is -0.276. The van der Waals surface area contributed by atoms with E-state index in [4.69, 9.17) is 4.74 Å². The van der Waals surface area contributed by atoms with E-state index in [9.17, 15) is 4.79 Å². The molecule has 0 aromatic heterocycles. The van der Waals surface area contributed by atoms with Crippen molar-refractivity contribution in [2.75, 3.05) is 12.5 Å². The highest BCUT2D eigenvalue weighted by Gasteiger charge is 2.10. The lowest BCUT2D eigenvalue weighted by molar-refractivity contribution is -0.132. The number of carbonyl (C=O) groups is 1. The topological polar surface area (TPSA) is 26.3 Å². The van der Waals surface area contributed by atoms with Crippen LogP contribution in [0.5, 0.6) is 5.75 Å². The molecule has 76 valence electrons. The second-order valence-electron chi connectivity index (χ2n) is 2.59. The highest BCUT2D eigenvalue weighted by atomic mass is 32.2. The quantitative estimate of drug-likeness (QED) is 0.451. The maximum atomic E-state index is 10.9. The lowest BCUT2D eigenvalue weighted by atomic mass is 10.3. The molecule has 0 N–H and O–H groups in total. The van der Waals surface area contributed by atoms with E-state index in [2.05, 4.69) is 0 Å². The largest absolute Gasteiger partial charge is 0.424 e. The summed E-state index contributed by atoms with van der Waals surface area (Å²) in [5, 5.41) is 0. The Kier molecular flexibility index (Phi) is 4.35. The maximum absolute atomic E-state index is 10.9. The van der Waals surface area contributed by atoms with Crippen LogP contribution in [0.25, 0.3) is 0 Å². The van der Waals surface area contributed by atoms with Gasteiger partial charge < -0.3 is 4.74 Å². The molecule has 4 heteroatoms. The van der Waals surface area contributed by atoms with E-state index >= 15 is 0 Å². The van der Waals surface area contributed by atoms with Gasteiger partial charge in [-0.2, -0.15) is 0 Å². The Bertz CT molecular complexity index is 315. The Morgan fingerprint density at radius 2 is 1.71 bits per heavy atom. The molecule has 1 rings (SSSR count). The molecule has 0 heterocycles. The molecule has 0 aliphatic rings. The number of carbonyl (C=O) groups excluding carboxylic acids is 1. The summed E-state index contributed by atoms with van der Waals surface area (Å²) in [6, 6.07) is 5.86. The standard InChI is InChI=1S/C10H12O2S2/c1-7(11)12-10-8(13-2)5-4-6-9(10)14-3/h4-6H,1-3H3. The molecule has 0 spiro atoms. The lowest BCUT2D eigenvalue weighted by Gasteiger charge is -2.10. The van der Waals surface area contributed by atoms with Crippen molar-refractivity contribution in [3.05, 3.63) is 18.2 Å². The minimum Gasteiger partial charge on any atom is -0.424 e. The Morgan fingerprint density at radius 3 is 2.07 bits per heavy atom. The maximum Gasteiger partial charge on any atom is 0.308 e.